The van der Waals surface area contributed by atoms with Crippen LogP contribution in [0, 0.1) is 5.41 Å². The van der Waals surface area contributed by atoms with Gasteiger partial charge in [-0.15, -0.1) is 0 Å². The van der Waals surface area contributed by atoms with Crippen molar-refractivity contribution in [1.29, 1.82) is 0 Å². The van der Waals surface area contributed by atoms with E-state index in [-0.39, 0.29) is 18.1 Å². The molecular weight excluding hydrogens is 346 g/mol. The largest absolute Gasteiger partial charge is 0.356 e. The number of rotatable bonds is 5. The zero-order chi connectivity index (χ0) is 19.4. The van der Waals surface area contributed by atoms with Gasteiger partial charge in [-0.05, 0) is 6.92 Å². The normalized spacial score (nSPS) is 33.6. The predicted octanol–water partition coefficient (Wildman–Crippen LogP) is 2.90. The molecule has 0 aliphatic carbocycles. The molecule has 148 valence electrons. The molecule has 0 bridgehead atoms. The molecule has 1 amide bonds. The first-order chi connectivity index (χ1) is 13.0. The number of hydrogen-bond donors (Lipinski definition) is 0. The summed E-state index contributed by atoms with van der Waals surface area (Å²) >= 11 is 0. The molecule has 0 radical (unpaired) electrons. The summed E-state index contributed by atoms with van der Waals surface area (Å²) in [5.74, 6) is 0.0509. The first kappa shape index (κ1) is 20.0. The van der Waals surface area contributed by atoms with Gasteiger partial charge >= 0.3 is 0 Å². The Balaban J connectivity index is 1.93. The maximum atomic E-state index is 12.6. The van der Waals surface area contributed by atoms with Crippen LogP contribution < -0.4 is 0 Å². The second-order valence-electron chi connectivity index (χ2n) is 7.37. The number of carbonyl (C=O) groups is 1. The van der Waals surface area contributed by atoms with Gasteiger partial charge in [0.15, 0.2) is 12.6 Å². The van der Waals surface area contributed by atoms with Gasteiger partial charge < -0.3 is 23.8 Å². The molecule has 1 aromatic carbocycles. The van der Waals surface area contributed by atoms with Gasteiger partial charge in [0.2, 0.25) is 5.91 Å². The first-order valence-electron chi connectivity index (χ1n) is 9.33. The van der Waals surface area contributed by atoms with E-state index in [1.165, 1.54) is 0 Å². The monoisotopic (exact) mass is 375 g/mol. The van der Waals surface area contributed by atoms with Crippen molar-refractivity contribution in [3.8, 4) is 0 Å². The highest BCUT2D eigenvalue weighted by molar-refractivity contribution is 5.76. The summed E-state index contributed by atoms with van der Waals surface area (Å²) in [7, 11) is 5.17. The molecule has 2 aliphatic rings. The molecule has 5 atom stereocenters. The molecule has 1 unspecified atom stereocenters. The number of ether oxygens (including phenoxy) is 4. The molecule has 6 nitrogen and oxygen atoms in total. The summed E-state index contributed by atoms with van der Waals surface area (Å²) in [4.78, 5) is 14.3. The van der Waals surface area contributed by atoms with Gasteiger partial charge in [-0.2, -0.15) is 0 Å². The number of amides is 1. The van der Waals surface area contributed by atoms with Crippen molar-refractivity contribution in [3.63, 3.8) is 0 Å². The van der Waals surface area contributed by atoms with E-state index in [0.717, 1.165) is 5.56 Å². The van der Waals surface area contributed by atoms with E-state index in [0.29, 0.717) is 19.4 Å². The van der Waals surface area contributed by atoms with E-state index in [2.05, 4.69) is 6.08 Å². The van der Waals surface area contributed by atoms with Gasteiger partial charge in [0.25, 0.3) is 0 Å². The van der Waals surface area contributed by atoms with Crippen molar-refractivity contribution < 1.29 is 23.7 Å². The van der Waals surface area contributed by atoms with E-state index in [4.69, 9.17) is 18.9 Å². The van der Waals surface area contributed by atoms with Gasteiger partial charge in [0.1, 0.15) is 6.10 Å². The smallest absolute Gasteiger partial charge is 0.223 e. The van der Waals surface area contributed by atoms with Crippen molar-refractivity contribution in [1.82, 2.24) is 4.90 Å². The van der Waals surface area contributed by atoms with Crippen molar-refractivity contribution in [2.24, 2.45) is 5.41 Å². The number of carbonyl (C=O) groups excluding carboxylic acids is 1. The van der Waals surface area contributed by atoms with Crippen LogP contribution in [-0.4, -0.2) is 57.1 Å². The Hall–Kier alpha value is -1.73. The summed E-state index contributed by atoms with van der Waals surface area (Å²) in [6, 6.07) is 9.84. The van der Waals surface area contributed by atoms with E-state index >= 15 is 0 Å². The SMILES string of the molecule is C/C=C/[C@@]1(CC(=O)N(C)C)C[C@@H](OC)O[C@@H]2COC(c3ccccc3)O[C@H]21. The van der Waals surface area contributed by atoms with E-state index < -0.39 is 18.0 Å². The first-order valence-corrected chi connectivity index (χ1v) is 9.33. The highest BCUT2D eigenvalue weighted by atomic mass is 16.7. The number of benzene rings is 1. The average Bonchev–Trinajstić information content (AvgIpc) is 2.68. The van der Waals surface area contributed by atoms with Crippen molar-refractivity contribution in [2.75, 3.05) is 27.8 Å². The van der Waals surface area contributed by atoms with Gasteiger partial charge in [0.05, 0.1) is 12.7 Å². The quantitative estimate of drug-likeness (QED) is 0.741. The van der Waals surface area contributed by atoms with Crippen LogP contribution in [0.2, 0.25) is 0 Å². The Bertz CT molecular complexity index is 662. The third kappa shape index (κ3) is 4.24. The summed E-state index contributed by atoms with van der Waals surface area (Å²) in [6.45, 7) is 2.35. The Morgan fingerprint density at radius 1 is 1.30 bits per heavy atom. The minimum atomic E-state index is -0.517. The molecule has 2 heterocycles. The number of hydrogen-bond acceptors (Lipinski definition) is 5. The number of fused-ring (bicyclic) bond motifs is 1. The number of methoxy groups -OCH3 is 1. The number of nitrogens with zero attached hydrogens (tertiary/aromatic N) is 1. The lowest BCUT2D eigenvalue weighted by Gasteiger charge is -2.51. The molecule has 2 aliphatic heterocycles. The summed E-state index contributed by atoms with van der Waals surface area (Å²) in [5.41, 5.74) is 0.439. The maximum absolute atomic E-state index is 12.6. The lowest BCUT2D eigenvalue weighted by atomic mass is 9.71. The Labute approximate surface area is 161 Å². The average molecular weight is 375 g/mol. The molecule has 0 spiro atoms. The Morgan fingerprint density at radius 3 is 2.67 bits per heavy atom. The summed E-state index contributed by atoms with van der Waals surface area (Å²) < 4.78 is 23.9. The zero-order valence-corrected chi connectivity index (χ0v) is 16.5. The van der Waals surface area contributed by atoms with Gasteiger partial charge in [-0.25, -0.2) is 0 Å². The van der Waals surface area contributed by atoms with Gasteiger partial charge in [-0.3, -0.25) is 4.79 Å². The molecular formula is C21H29NO5. The molecule has 3 rings (SSSR count). The predicted molar refractivity (Wildman–Crippen MR) is 101 cm³/mol. The molecule has 27 heavy (non-hydrogen) atoms. The van der Waals surface area contributed by atoms with Crippen LogP contribution in [0.15, 0.2) is 42.5 Å². The van der Waals surface area contributed by atoms with Crippen molar-refractivity contribution in [3.05, 3.63) is 48.0 Å². The fraction of sp³-hybridized carbons (Fsp3) is 0.571. The third-order valence-electron chi connectivity index (χ3n) is 5.27. The standard InChI is InChI=1S/C21H29NO5/c1-5-11-21(12-17(23)22(2)3)13-18(24-4)26-16-14-25-20(27-19(16)21)15-9-7-6-8-10-15/h5-11,16,18-20H,12-14H2,1-4H3/b11-5+/t16-,18+,19-,20?,21-/m1/s1. The molecule has 1 aromatic rings. The molecule has 2 saturated heterocycles. The fourth-order valence-electron chi connectivity index (χ4n) is 3.91. The van der Waals surface area contributed by atoms with Crippen LogP contribution in [0.4, 0.5) is 0 Å². The Morgan fingerprint density at radius 2 is 2.04 bits per heavy atom. The Kier molecular flexibility index (Phi) is 6.32. The minimum absolute atomic E-state index is 0.0509. The van der Waals surface area contributed by atoms with Crippen molar-refractivity contribution >= 4 is 5.91 Å². The lowest BCUT2D eigenvalue weighted by Crippen LogP contribution is -2.58. The minimum Gasteiger partial charge on any atom is -0.356 e. The number of allylic oxidation sites excluding steroid dienone is 1. The summed E-state index contributed by atoms with van der Waals surface area (Å²) in [5, 5.41) is 0. The van der Waals surface area contributed by atoms with E-state index in [1.54, 1.807) is 26.1 Å². The van der Waals surface area contributed by atoms with Crippen LogP contribution >= 0.6 is 0 Å². The maximum Gasteiger partial charge on any atom is 0.223 e. The molecule has 0 N–H and O–H groups in total. The van der Waals surface area contributed by atoms with Crippen LogP contribution in [0.3, 0.4) is 0 Å². The molecule has 2 fully saturated rings. The fourth-order valence-corrected chi connectivity index (χ4v) is 3.91. The van der Waals surface area contributed by atoms with E-state index in [1.807, 2.05) is 43.3 Å². The van der Waals surface area contributed by atoms with Crippen LogP contribution in [-0.2, 0) is 23.7 Å². The van der Waals surface area contributed by atoms with Crippen LogP contribution in [0.5, 0.6) is 0 Å². The lowest BCUT2D eigenvalue weighted by molar-refractivity contribution is -0.339. The van der Waals surface area contributed by atoms with Crippen LogP contribution in [0.25, 0.3) is 0 Å². The second-order valence-corrected chi connectivity index (χ2v) is 7.37. The van der Waals surface area contributed by atoms with Gasteiger partial charge in [0, 0.05) is 45.0 Å². The van der Waals surface area contributed by atoms with E-state index in [9.17, 15) is 4.79 Å². The summed E-state index contributed by atoms with van der Waals surface area (Å²) in [6.07, 6.45) is 3.46. The topological polar surface area (TPSA) is 57.2 Å². The highest BCUT2D eigenvalue weighted by Crippen LogP contribution is 2.47. The highest BCUT2D eigenvalue weighted by Gasteiger charge is 2.53. The molecule has 0 saturated carbocycles. The van der Waals surface area contributed by atoms with Crippen molar-refractivity contribution in [2.45, 2.75) is 44.6 Å². The van der Waals surface area contributed by atoms with Gasteiger partial charge in [-0.1, -0.05) is 42.5 Å². The van der Waals surface area contributed by atoms with Crippen LogP contribution in [0.1, 0.15) is 31.6 Å². The zero-order valence-electron chi connectivity index (χ0n) is 16.5. The second kappa shape index (κ2) is 8.52. The molecule has 6 heteroatoms. The third-order valence-corrected chi connectivity index (χ3v) is 5.27. The molecule has 0 aromatic heterocycles.